The summed E-state index contributed by atoms with van der Waals surface area (Å²) in [4.78, 5) is 37.4. The first-order valence-electron chi connectivity index (χ1n) is 12.1. The molecule has 0 saturated carbocycles. The Morgan fingerprint density at radius 3 is 2.64 bits per heavy atom. The number of thiazole rings is 1. The Kier molecular flexibility index (Phi) is 9.37. The van der Waals surface area contributed by atoms with Gasteiger partial charge in [0.25, 0.3) is 0 Å². The van der Waals surface area contributed by atoms with Gasteiger partial charge in [-0.05, 0) is 31.2 Å². The summed E-state index contributed by atoms with van der Waals surface area (Å²) >= 11 is 1.30. The van der Waals surface area contributed by atoms with Crippen LogP contribution in [-0.4, -0.2) is 85.8 Å². The second-order valence-electron chi connectivity index (χ2n) is 8.30. The minimum atomic E-state index is -4.81. The molecule has 1 saturated heterocycles. The average molecular weight is 569 g/mol. The number of esters is 1. The van der Waals surface area contributed by atoms with Crippen molar-refractivity contribution in [1.29, 1.82) is 0 Å². The highest BCUT2D eigenvalue weighted by atomic mass is 32.1. The number of urea groups is 1. The summed E-state index contributed by atoms with van der Waals surface area (Å²) in [5, 5.41) is 6.13. The molecule has 0 unspecified atom stereocenters. The molecule has 0 bridgehead atoms. The van der Waals surface area contributed by atoms with E-state index >= 15 is 0 Å². The highest BCUT2D eigenvalue weighted by molar-refractivity contribution is 7.22. The highest BCUT2D eigenvalue weighted by Gasteiger charge is 2.31. The molecule has 0 spiro atoms. The van der Waals surface area contributed by atoms with Crippen molar-refractivity contribution in [2.45, 2.75) is 13.3 Å². The lowest BCUT2D eigenvalue weighted by Gasteiger charge is -2.29. The van der Waals surface area contributed by atoms with E-state index in [0.717, 1.165) is 29.9 Å². The van der Waals surface area contributed by atoms with Crippen molar-refractivity contribution in [2.75, 3.05) is 68.1 Å². The minimum absolute atomic E-state index is 0.0329. The number of fused-ring (bicyclic) bond motifs is 1. The summed E-state index contributed by atoms with van der Waals surface area (Å²) in [6, 6.07) is 6.09. The normalized spacial score (nSPS) is 14.2. The molecule has 3 heterocycles. The van der Waals surface area contributed by atoms with E-state index in [1.54, 1.807) is 13.0 Å². The van der Waals surface area contributed by atoms with Gasteiger partial charge in [-0.1, -0.05) is 11.3 Å². The number of halogens is 3. The van der Waals surface area contributed by atoms with Crippen molar-refractivity contribution in [1.82, 2.24) is 14.9 Å². The highest BCUT2D eigenvalue weighted by Crippen LogP contribution is 2.29. The van der Waals surface area contributed by atoms with E-state index in [-0.39, 0.29) is 18.8 Å². The first kappa shape index (κ1) is 28.3. The number of nitrogens with one attached hydrogen (secondary N) is 2. The van der Waals surface area contributed by atoms with Crippen LogP contribution in [0.1, 0.15) is 6.92 Å². The molecule has 0 radical (unpaired) electrons. The Morgan fingerprint density at radius 2 is 1.95 bits per heavy atom. The molecule has 210 valence electrons. The molecule has 1 fully saturated rings. The second kappa shape index (κ2) is 12.9. The fourth-order valence-corrected chi connectivity index (χ4v) is 4.59. The molecule has 4 rings (SSSR count). The molecule has 2 N–H and O–H groups in total. The number of hydrogen-bond donors (Lipinski definition) is 2. The number of nitrogens with zero attached hydrogens (tertiary/aromatic N) is 4. The van der Waals surface area contributed by atoms with Crippen LogP contribution >= 0.6 is 11.3 Å². The van der Waals surface area contributed by atoms with Crippen molar-refractivity contribution in [2.24, 2.45) is 0 Å². The maximum Gasteiger partial charge on any atom is 0.573 e. The van der Waals surface area contributed by atoms with Crippen LogP contribution in [-0.2, 0) is 14.3 Å². The first-order chi connectivity index (χ1) is 18.7. The Morgan fingerprint density at radius 1 is 1.21 bits per heavy atom. The molecule has 2 aromatic heterocycles. The topological polar surface area (TPSA) is 118 Å². The van der Waals surface area contributed by atoms with E-state index in [4.69, 9.17) is 9.47 Å². The summed E-state index contributed by atoms with van der Waals surface area (Å²) < 4.78 is 52.3. The second-order valence-corrected chi connectivity index (χ2v) is 9.33. The van der Waals surface area contributed by atoms with Crippen LogP contribution in [0.3, 0.4) is 0 Å². The number of anilines is 3. The summed E-state index contributed by atoms with van der Waals surface area (Å²) in [6.07, 6.45) is -3.27. The predicted molar refractivity (Wildman–Crippen MR) is 139 cm³/mol. The van der Waals surface area contributed by atoms with Gasteiger partial charge in [-0.25, -0.2) is 14.8 Å². The van der Waals surface area contributed by atoms with E-state index in [0.29, 0.717) is 42.8 Å². The van der Waals surface area contributed by atoms with Gasteiger partial charge in [0.15, 0.2) is 5.13 Å². The quantitative estimate of drug-likeness (QED) is 0.351. The van der Waals surface area contributed by atoms with E-state index in [2.05, 4.69) is 30.2 Å². The van der Waals surface area contributed by atoms with Gasteiger partial charge in [-0.15, -0.1) is 13.2 Å². The summed E-state index contributed by atoms with van der Waals surface area (Å²) in [5.41, 5.74) is 0.874. The van der Waals surface area contributed by atoms with Crippen LogP contribution < -0.4 is 20.3 Å². The molecule has 1 aliphatic rings. The number of ether oxygens (including phenoxy) is 3. The van der Waals surface area contributed by atoms with Crippen LogP contribution in [0.25, 0.3) is 10.2 Å². The van der Waals surface area contributed by atoms with Crippen LogP contribution in [0.5, 0.6) is 5.75 Å². The number of rotatable bonds is 10. The molecular weight excluding hydrogens is 541 g/mol. The number of aromatic nitrogens is 2. The van der Waals surface area contributed by atoms with Crippen molar-refractivity contribution in [3.8, 4) is 5.75 Å². The minimum Gasteiger partial charge on any atom is -0.465 e. The first-order valence-corrected chi connectivity index (χ1v) is 12.9. The maximum atomic E-state index is 13.3. The number of benzene rings is 1. The number of hydrogen-bond acceptors (Lipinski definition) is 10. The molecule has 0 atom stereocenters. The van der Waals surface area contributed by atoms with Gasteiger partial charge in [-0.2, -0.15) is 0 Å². The third kappa shape index (κ3) is 8.40. The van der Waals surface area contributed by atoms with Gasteiger partial charge in [0.2, 0.25) is 0 Å². The van der Waals surface area contributed by atoms with Gasteiger partial charge in [0, 0.05) is 37.9 Å². The van der Waals surface area contributed by atoms with E-state index < -0.39 is 24.1 Å². The third-order valence-corrected chi connectivity index (χ3v) is 6.53. The predicted octanol–water partition coefficient (Wildman–Crippen LogP) is 3.94. The Bertz CT molecular complexity index is 1270. The monoisotopic (exact) mass is 568 g/mol. The molecule has 2 amide bonds. The zero-order chi connectivity index (χ0) is 27.8. The summed E-state index contributed by atoms with van der Waals surface area (Å²) in [7, 11) is 0. The van der Waals surface area contributed by atoms with Gasteiger partial charge in [-0.3, -0.25) is 14.6 Å². The molecule has 1 aliphatic heterocycles. The molecule has 3 aromatic rings. The molecule has 1 aromatic carbocycles. The number of morpholine rings is 1. The molecule has 0 aliphatic carbocycles. The van der Waals surface area contributed by atoms with Crippen LogP contribution in [0, 0.1) is 0 Å². The largest absolute Gasteiger partial charge is 0.573 e. The third-order valence-electron chi connectivity index (χ3n) is 5.55. The van der Waals surface area contributed by atoms with Gasteiger partial charge in [0.1, 0.15) is 23.6 Å². The van der Waals surface area contributed by atoms with E-state index in [1.165, 1.54) is 34.6 Å². The SMILES string of the molecule is CCOC(=O)CNc1nc2cnc(N(CCN3CCOCC3)C(=O)Nc3ccc(OC(F)(F)F)cc3)cc2s1. The lowest BCUT2D eigenvalue weighted by atomic mass is 10.3. The van der Waals surface area contributed by atoms with Gasteiger partial charge >= 0.3 is 18.4 Å². The van der Waals surface area contributed by atoms with Crippen LogP contribution in [0.4, 0.5) is 34.6 Å². The zero-order valence-corrected chi connectivity index (χ0v) is 21.8. The van der Waals surface area contributed by atoms with Crippen molar-refractivity contribution in [3.63, 3.8) is 0 Å². The number of pyridine rings is 1. The van der Waals surface area contributed by atoms with Crippen LogP contribution in [0.15, 0.2) is 36.5 Å². The molecule has 15 heteroatoms. The van der Waals surface area contributed by atoms with Gasteiger partial charge in [0.05, 0.1) is 30.7 Å². The number of amides is 2. The fraction of sp³-hybridized carbons (Fsp3) is 0.417. The zero-order valence-electron chi connectivity index (χ0n) is 21.0. The molecule has 11 nitrogen and oxygen atoms in total. The van der Waals surface area contributed by atoms with Crippen molar-refractivity contribution >= 4 is 50.2 Å². The molecule has 39 heavy (non-hydrogen) atoms. The lowest BCUT2D eigenvalue weighted by molar-refractivity contribution is -0.274. The maximum absolute atomic E-state index is 13.3. The van der Waals surface area contributed by atoms with E-state index in [9.17, 15) is 22.8 Å². The summed E-state index contributed by atoms with van der Waals surface area (Å²) in [5.74, 6) is -0.431. The van der Waals surface area contributed by atoms with Crippen LogP contribution in [0.2, 0.25) is 0 Å². The lowest BCUT2D eigenvalue weighted by Crippen LogP contribution is -2.44. The van der Waals surface area contributed by atoms with Crippen molar-refractivity contribution in [3.05, 3.63) is 36.5 Å². The Balaban J connectivity index is 1.50. The smallest absolute Gasteiger partial charge is 0.465 e. The molecular formula is C24H27F3N6O5S. The number of carbonyl (C=O) groups excluding carboxylic acids is 2. The standard InChI is InChI=1S/C24H27F3N6O5S/c1-2-37-21(34)15-29-22-31-18-14-28-20(13-19(18)39-22)33(8-7-32-9-11-36-12-10-32)23(35)30-16-3-5-17(6-4-16)38-24(25,26)27/h3-6,13-14H,2,7-12,15H2,1H3,(H,29,31)(H,30,35). The Labute approximate surface area is 225 Å². The number of carbonyl (C=O) groups is 2. The van der Waals surface area contributed by atoms with E-state index in [1.807, 2.05) is 0 Å². The summed E-state index contributed by atoms with van der Waals surface area (Å²) in [6.45, 7) is 5.49. The Hall–Kier alpha value is -3.69. The van der Waals surface area contributed by atoms with Gasteiger partial charge < -0.3 is 24.8 Å². The fourth-order valence-electron chi connectivity index (χ4n) is 3.72. The number of alkyl halides is 3. The van der Waals surface area contributed by atoms with Crippen molar-refractivity contribution < 1.29 is 37.0 Å². The average Bonchev–Trinajstić information content (AvgIpc) is 3.31.